The second kappa shape index (κ2) is 61.8. The molecule has 0 spiro atoms. The second-order valence-corrected chi connectivity index (χ2v) is 42.3. The average Bonchev–Trinajstić information content (AvgIpc) is 0.798. The molecular formula is C124H172Cl4N4O12. The number of hydrogen-bond acceptors (Lipinski definition) is 16. The van der Waals surface area contributed by atoms with E-state index in [2.05, 4.69) is 220 Å². The summed E-state index contributed by atoms with van der Waals surface area (Å²) < 4.78 is 23.7. The Morgan fingerprint density at radius 2 is 0.465 bits per heavy atom. The molecule has 12 rings (SSSR count). The third-order valence-electron chi connectivity index (χ3n) is 28.9. The molecule has 10 aromatic rings. The van der Waals surface area contributed by atoms with Crippen molar-refractivity contribution in [3.63, 3.8) is 0 Å². The lowest BCUT2D eigenvalue weighted by molar-refractivity contribution is -0.0181. The number of carbonyl (C=O) groups excluding carboxylic acids is 4. The van der Waals surface area contributed by atoms with Crippen LogP contribution in [0.1, 0.15) is 363 Å². The number of esters is 4. The Hall–Kier alpha value is -9.72. The number of aromatic hydroxyl groups is 4. The standard InChI is InChI=1S/2C32H47NO3.2C30H37NO3.4ClH/c2*1-21(2)27-15-13-24(7)19-31(27)36-32(35)26-14-16-30(34)29(20-26)28(25-11-9-8-10-12-25)17-18-33(22(3)4)23(5)6;2*1-21(2)31(22(3)4)19-18-27(25-14-10-7-11-15-25)28-20-26(16-17-29(28)32)30(33)34-23(5)24-12-8-6-9-13-24;;;;/h2*8-12,14,16,20-24,27-28,31,34H,13,15,17-19H2,1-7H3;2*6-17,20-23,27,32H,18-19H2,1-5H3;4*1H/t24-,27+,28+,31-;24-,27+,28-,31-;23-,27+;23-,27-;;;;/m1000..../s1. The van der Waals surface area contributed by atoms with Crippen LogP contribution in [-0.4, -0.2) is 151 Å². The van der Waals surface area contributed by atoms with Crippen molar-refractivity contribution >= 4 is 73.5 Å². The van der Waals surface area contributed by atoms with E-state index >= 15 is 0 Å². The zero-order valence-corrected chi connectivity index (χ0v) is 93.6. The summed E-state index contributed by atoms with van der Waals surface area (Å²) >= 11 is 0. The van der Waals surface area contributed by atoms with Crippen LogP contribution >= 0.6 is 49.6 Å². The number of halogens is 4. The first-order chi connectivity index (χ1) is 66.7. The molecule has 0 radical (unpaired) electrons. The van der Waals surface area contributed by atoms with Gasteiger partial charge in [0.1, 0.15) is 47.4 Å². The molecule has 4 N–H and O–H groups in total. The van der Waals surface area contributed by atoms with Crippen LogP contribution in [0.15, 0.2) is 255 Å². The molecule has 16 nitrogen and oxygen atoms in total. The molecule has 0 heterocycles. The van der Waals surface area contributed by atoms with E-state index in [9.17, 15) is 39.6 Å². The third kappa shape index (κ3) is 37.0. The number of benzene rings is 10. The van der Waals surface area contributed by atoms with Gasteiger partial charge in [0.25, 0.3) is 0 Å². The summed E-state index contributed by atoms with van der Waals surface area (Å²) in [7, 11) is 0. The highest BCUT2D eigenvalue weighted by atomic mass is 35.5. The normalized spacial score (nSPS) is 17.0. The van der Waals surface area contributed by atoms with Gasteiger partial charge < -0.3 is 39.4 Å². The molecule has 0 amide bonds. The largest absolute Gasteiger partial charge is 0.508 e. The summed E-state index contributed by atoms with van der Waals surface area (Å²) in [6.07, 6.45) is 8.99. The molecule has 2 aliphatic carbocycles. The van der Waals surface area contributed by atoms with Gasteiger partial charge in [-0.1, -0.05) is 236 Å². The average molecular weight is 2050 g/mol. The minimum Gasteiger partial charge on any atom is -0.508 e. The van der Waals surface area contributed by atoms with E-state index in [1.165, 1.54) is 12.8 Å². The molecule has 0 aromatic heterocycles. The molecule has 0 bridgehead atoms. The van der Waals surface area contributed by atoms with Gasteiger partial charge in [0.2, 0.25) is 0 Å². The van der Waals surface area contributed by atoms with E-state index in [0.29, 0.717) is 106 Å². The van der Waals surface area contributed by atoms with Crippen LogP contribution < -0.4 is 0 Å². The fourth-order valence-corrected chi connectivity index (χ4v) is 21.1. The molecule has 788 valence electrons. The van der Waals surface area contributed by atoms with Crippen LogP contribution in [0.3, 0.4) is 0 Å². The fraction of sp³-hybridized carbons (Fsp3) is 0.484. The predicted octanol–water partition coefficient (Wildman–Crippen LogP) is 30.9. The summed E-state index contributed by atoms with van der Waals surface area (Å²) in [5.41, 5.74) is 11.4. The Morgan fingerprint density at radius 3 is 0.660 bits per heavy atom. The zero-order valence-electron chi connectivity index (χ0n) is 90.3. The van der Waals surface area contributed by atoms with Crippen molar-refractivity contribution in [2.24, 2.45) is 35.5 Å². The van der Waals surface area contributed by atoms with E-state index in [-0.39, 0.29) is 133 Å². The summed E-state index contributed by atoms with van der Waals surface area (Å²) in [4.78, 5) is 62.5. The van der Waals surface area contributed by atoms with Crippen molar-refractivity contribution in [3.8, 4) is 23.0 Å². The van der Waals surface area contributed by atoms with Crippen LogP contribution in [0.2, 0.25) is 0 Å². The predicted molar refractivity (Wildman–Crippen MR) is 603 cm³/mol. The minimum atomic E-state index is -0.393. The van der Waals surface area contributed by atoms with Gasteiger partial charge in [0.15, 0.2) is 0 Å². The monoisotopic (exact) mass is 2050 g/mol. The van der Waals surface area contributed by atoms with Crippen molar-refractivity contribution < 1.29 is 58.6 Å². The first kappa shape index (κ1) is 125. The molecule has 0 unspecified atom stereocenters. The van der Waals surface area contributed by atoms with Gasteiger partial charge in [-0.15, -0.1) is 49.6 Å². The van der Waals surface area contributed by atoms with Crippen LogP contribution in [0.25, 0.3) is 0 Å². The number of carbonyl (C=O) groups is 4. The summed E-state index contributed by atoms with van der Waals surface area (Å²) in [5, 5.41) is 43.5. The number of rotatable bonds is 40. The quantitative estimate of drug-likeness (QED) is 0.0209. The molecule has 20 heteroatoms. The molecule has 2 saturated carbocycles. The van der Waals surface area contributed by atoms with Gasteiger partial charge >= 0.3 is 23.9 Å². The number of hydrogen-bond donors (Lipinski definition) is 4. The van der Waals surface area contributed by atoms with Crippen LogP contribution in [-0.2, 0) is 18.9 Å². The van der Waals surface area contributed by atoms with Gasteiger partial charge in [-0.25, -0.2) is 19.2 Å². The van der Waals surface area contributed by atoms with Gasteiger partial charge in [0.05, 0.1) is 22.3 Å². The summed E-state index contributed by atoms with van der Waals surface area (Å²) in [6, 6.07) is 84.3. The zero-order chi connectivity index (χ0) is 102. The van der Waals surface area contributed by atoms with Crippen molar-refractivity contribution in [3.05, 3.63) is 333 Å². The van der Waals surface area contributed by atoms with Gasteiger partial charge in [-0.05, 0) is 344 Å². The molecule has 2 aliphatic rings. The topological polar surface area (TPSA) is 199 Å². The lowest BCUT2D eigenvalue weighted by Gasteiger charge is -2.36. The molecular weight excluding hydrogens is 1880 g/mol. The summed E-state index contributed by atoms with van der Waals surface area (Å²) in [5.74, 6) is 2.30. The highest BCUT2D eigenvalue weighted by Crippen LogP contribution is 2.44. The molecule has 12 atom stereocenters. The van der Waals surface area contributed by atoms with Crippen molar-refractivity contribution in [1.82, 2.24) is 19.6 Å². The van der Waals surface area contributed by atoms with Gasteiger partial charge in [0, 0.05) is 94.3 Å². The fourth-order valence-electron chi connectivity index (χ4n) is 21.1. The Labute approximate surface area is 889 Å². The Kier molecular flexibility index (Phi) is 53.5. The van der Waals surface area contributed by atoms with Gasteiger partial charge in [-0.2, -0.15) is 0 Å². The maximum Gasteiger partial charge on any atom is 0.338 e. The van der Waals surface area contributed by atoms with Crippen LogP contribution in [0.5, 0.6) is 23.0 Å². The highest BCUT2D eigenvalue weighted by molar-refractivity contribution is 5.92. The van der Waals surface area contributed by atoms with Gasteiger partial charge in [-0.3, -0.25) is 19.6 Å². The summed E-state index contributed by atoms with van der Waals surface area (Å²) in [6.45, 7) is 56.2. The maximum absolute atomic E-state index is 13.3. The van der Waals surface area contributed by atoms with E-state index in [1.807, 2.05) is 159 Å². The van der Waals surface area contributed by atoms with Crippen molar-refractivity contribution in [2.75, 3.05) is 26.2 Å². The van der Waals surface area contributed by atoms with E-state index in [0.717, 1.165) is 133 Å². The molecule has 144 heavy (non-hydrogen) atoms. The van der Waals surface area contributed by atoms with Crippen molar-refractivity contribution in [1.29, 1.82) is 0 Å². The Morgan fingerprint density at radius 1 is 0.271 bits per heavy atom. The number of phenols is 4. The molecule has 2 fully saturated rings. The molecule has 0 aliphatic heterocycles. The number of nitrogens with zero attached hydrogens (tertiary/aromatic N) is 4. The minimum absolute atomic E-state index is 0. The lowest BCUT2D eigenvalue weighted by atomic mass is 9.75. The second-order valence-electron chi connectivity index (χ2n) is 42.3. The van der Waals surface area contributed by atoms with Crippen molar-refractivity contribution in [2.45, 2.75) is 327 Å². The number of phenolic OH excluding ortho intramolecular Hbond substituents is 4. The SMILES string of the molecule is CC(C)N(CC[C@@H](c1ccccc1)c1cc(C(=O)O[C@@H](C)c2ccccc2)ccc1O)C(C)C.CC(C)N(CC[C@H](c1ccccc1)c1cc(C(=O)O[C@@H](C)c2ccccc2)ccc1O)C(C)C.CC(C)[C@@H]1CC[C@@H](C)C[C@H]1OC(=O)c1ccc(O)c([C@@H](CCN(C(C)C)C(C)C)c2ccccc2)c1.CC(C)[C@H]1CC[C@H](C)C[C@@H]1OC(=O)c1ccc(O)c([C@@H](CCN(C(C)C)C(C)C)c2ccccc2)c1.Cl.Cl.Cl.Cl. The lowest BCUT2D eigenvalue weighted by Crippen LogP contribution is -2.38. The van der Waals surface area contributed by atoms with E-state index in [4.69, 9.17) is 18.9 Å². The van der Waals surface area contributed by atoms with Crippen LogP contribution in [0.4, 0.5) is 0 Å². The maximum atomic E-state index is 13.3. The van der Waals surface area contributed by atoms with Crippen LogP contribution in [0, 0.1) is 35.5 Å². The highest BCUT2D eigenvalue weighted by Gasteiger charge is 2.38. The number of ether oxygens (including phenoxy) is 4. The van der Waals surface area contributed by atoms with E-state index < -0.39 is 11.9 Å². The third-order valence-corrected chi connectivity index (χ3v) is 28.9. The molecule has 10 aromatic carbocycles. The van der Waals surface area contributed by atoms with E-state index in [1.54, 1.807) is 60.7 Å². The molecule has 0 saturated heterocycles. The first-order valence-corrected chi connectivity index (χ1v) is 52.2. The Balaban J connectivity index is 0.000000335. The smallest absolute Gasteiger partial charge is 0.338 e. The first-order valence-electron chi connectivity index (χ1n) is 52.2. The Bertz CT molecular complexity index is 5020.